The van der Waals surface area contributed by atoms with Gasteiger partial charge >= 0.3 is 0 Å². The number of carbonyl (C=O) groups excluding carboxylic acids is 2. The van der Waals surface area contributed by atoms with E-state index in [1.54, 1.807) is 23.2 Å². The molecule has 0 unspecified atom stereocenters. The van der Waals surface area contributed by atoms with Gasteiger partial charge in [0.05, 0.1) is 11.8 Å². The summed E-state index contributed by atoms with van der Waals surface area (Å²) >= 11 is 7.49. The van der Waals surface area contributed by atoms with Crippen molar-refractivity contribution in [3.63, 3.8) is 0 Å². The molecule has 9 heteroatoms. The highest BCUT2D eigenvalue weighted by atomic mass is 35.5. The average molecular weight is 535 g/mol. The molecule has 0 aliphatic carbocycles. The molecular weight excluding hydrogens is 511 g/mol. The van der Waals surface area contributed by atoms with Crippen LogP contribution in [0.5, 0.6) is 0 Å². The molecule has 0 aromatic heterocycles. The standard InChI is InChI=1S/C28H24ClFN4O2S/c1-16-10-17(2)12-22(11-16)31-26(35)15-25-27(36)32-28(37-25)34-24(19-4-3-5-20(29)13-19)14-23(33-34)18-6-8-21(30)9-7-18/h3-13,24-25H,14-15H2,1-2H3,(H,31,35)/t24-,25-/m0/s1. The number of halogens is 2. The number of aliphatic imine (C=N–C) groups is 1. The van der Waals surface area contributed by atoms with Crippen LogP contribution < -0.4 is 5.32 Å². The molecule has 0 spiro atoms. The Morgan fingerprint density at radius 2 is 1.84 bits per heavy atom. The van der Waals surface area contributed by atoms with Crippen LogP contribution in [0.4, 0.5) is 10.1 Å². The quantitative estimate of drug-likeness (QED) is 0.418. The molecule has 0 radical (unpaired) electrons. The molecule has 2 aliphatic heterocycles. The van der Waals surface area contributed by atoms with E-state index in [4.69, 9.17) is 16.7 Å². The Morgan fingerprint density at radius 1 is 1.11 bits per heavy atom. The van der Waals surface area contributed by atoms with Crippen molar-refractivity contribution in [1.82, 2.24) is 5.01 Å². The minimum Gasteiger partial charge on any atom is -0.326 e. The maximum absolute atomic E-state index is 13.5. The Hall–Kier alpha value is -3.49. The van der Waals surface area contributed by atoms with Crippen LogP contribution in [0.1, 0.15) is 41.1 Å². The number of anilines is 1. The van der Waals surface area contributed by atoms with Gasteiger partial charge in [-0.25, -0.2) is 9.40 Å². The van der Waals surface area contributed by atoms with Gasteiger partial charge < -0.3 is 5.32 Å². The number of carbonyl (C=O) groups is 2. The van der Waals surface area contributed by atoms with Gasteiger partial charge in [-0.15, -0.1) is 0 Å². The van der Waals surface area contributed by atoms with Gasteiger partial charge in [-0.3, -0.25) is 9.59 Å². The first-order valence-electron chi connectivity index (χ1n) is 11.8. The van der Waals surface area contributed by atoms with E-state index in [1.807, 2.05) is 50.2 Å². The van der Waals surface area contributed by atoms with Crippen LogP contribution in [-0.2, 0) is 9.59 Å². The highest BCUT2D eigenvalue weighted by molar-refractivity contribution is 8.15. The van der Waals surface area contributed by atoms with E-state index in [-0.39, 0.29) is 30.1 Å². The molecule has 2 aliphatic rings. The summed E-state index contributed by atoms with van der Waals surface area (Å²) in [6.45, 7) is 3.93. The molecule has 0 fully saturated rings. The van der Waals surface area contributed by atoms with Crippen LogP contribution in [-0.4, -0.2) is 33.0 Å². The fourth-order valence-electron chi connectivity index (χ4n) is 4.51. The number of amides is 2. The van der Waals surface area contributed by atoms with Gasteiger partial charge in [-0.1, -0.05) is 53.7 Å². The van der Waals surface area contributed by atoms with Gasteiger partial charge in [0.2, 0.25) is 5.91 Å². The lowest BCUT2D eigenvalue weighted by atomic mass is 9.98. The molecular formula is C28H24ClFN4O2S. The fourth-order valence-corrected chi connectivity index (χ4v) is 5.77. The predicted molar refractivity (Wildman–Crippen MR) is 147 cm³/mol. The number of rotatable bonds is 5. The Bertz CT molecular complexity index is 1420. The van der Waals surface area contributed by atoms with Crippen LogP contribution in [0.3, 0.4) is 0 Å². The minimum absolute atomic E-state index is 0.00626. The van der Waals surface area contributed by atoms with Crippen molar-refractivity contribution in [2.45, 2.75) is 38.0 Å². The Labute approximate surface area is 223 Å². The number of nitrogens with one attached hydrogen (secondary N) is 1. The molecule has 0 saturated heterocycles. The molecule has 1 N–H and O–H groups in total. The summed E-state index contributed by atoms with van der Waals surface area (Å²) in [5, 5.41) is 9.75. The van der Waals surface area contributed by atoms with Gasteiger partial charge in [0.25, 0.3) is 5.91 Å². The van der Waals surface area contributed by atoms with E-state index < -0.39 is 5.25 Å². The van der Waals surface area contributed by atoms with Crippen LogP contribution in [0.25, 0.3) is 0 Å². The van der Waals surface area contributed by atoms with Crippen molar-refractivity contribution in [3.05, 3.63) is 99.8 Å². The Kier molecular flexibility index (Phi) is 7.13. The number of benzene rings is 3. The third-order valence-corrected chi connectivity index (χ3v) is 7.50. The van der Waals surface area contributed by atoms with Gasteiger partial charge in [-0.2, -0.15) is 10.1 Å². The van der Waals surface area contributed by atoms with E-state index in [2.05, 4.69) is 10.3 Å². The lowest BCUT2D eigenvalue weighted by Crippen LogP contribution is -2.25. The van der Waals surface area contributed by atoms with Gasteiger partial charge in [0, 0.05) is 23.6 Å². The zero-order chi connectivity index (χ0) is 26.1. The van der Waals surface area contributed by atoms with Gasteiger partial charge in [0.15, 0.2) is 5.17 Å². The van der Waals surface area contributed by atoms with Crippen molar-refractivity contribution in [1.29, 1.82) is 0 Å². The van der Waals surface area contributed by atoms with Gasteiger partial charge in [0.1, 0.15) is 11.1 Å². The first kappa shape index (κ1) is 25.2. The van der Waals surface area contributed by atoms with E-state index in [0.717, 1.165) is 28.0 Å². The first-order chi connectivity index (χ1) is 17.7. The highest BCUT2D eigenvalue weighted by Gasteiger charge is 2.39. The van der Waals surface area contributed by atoms with E-state index in [1.165, 1.54) is 23.9 Å². The third-order valence-electron chi connectivity index (χ3n) is 6.12. The maximum Gasteiger partial charge on any atom is 0.262 e. The molecule has 3 aromatic rings. The van der Waals surface area contributed by atoms with Crippen molar-refractivity contribution < 1.29 is 14.0 Å². The normalized spacial score (nSPS) is 19.1. The van der Waals surface area contributed by atoms with Gasteiger partial charge in [-0.05, 0) is 72.5 Å². The zero-order valence-corrected chi connectivity index (χ0v) is 21.8. The zero-order valence-electron chi connectivity index (χ0n) is 20.2. The molecule has 3 aromatic carbocycles. The number of thioether (sulfide) groups is 1. The van der Waals surface area contributed by atoms with Crippen LogP contribution in [0.2, 0.25) is 5.02 Å². The molecule has 2 heterocycles. The molecule has 6 nitrogen and oxygen atoms in total. The summed E-state index contributed by atoms with van der Waals surface area (Å²) < 4.78 is 13.5. The molecule has 0 saturated carbocycles. The van der Waals surface area contributed by atoms with Crippen molar-refractivity contribution in [2.24, 2.45) is 10.1 Å². The summed E-state index contributed by atoms with van der Waals surface area (Å²) in [4.78, 5) is 29.8. The lowest BCUT2D eigenvalue weighted by Gasteiger charge is -2.23. The topological polar surface area (TPSA) is 74.1 Å². The summed E-state index contributed by atoms with van der Waals surface area (Å²) in [5.74, 6) is -0.949. The monoisotopic (exact) mass is 534 g/mol. The number of hydrazone groups is 1. The minimum atomic E-state index is -0.647. The Morgan fingerprint density at radius 3 is 2.54 bits per heavy atom. The third kappa shape index (κ3) is 5.76. The van der Waals surface area contributed by atoms with E-state index in [9.17, 15) is 14.0 Å². The average Bonchev–Trinajstić information content (AvgIpc) is 3.43. The second-order valence-corrected chi connectivity index (χ2v) is 10.7. The summed E-state index contributed by atoms with van der Waals surface area (Å²) in [6, 6.07) is 19.2. The summed E-state index contributed by atoms with van der Waals surface area (Å²) in [6.07, 6.45) is 0.519. The van der Waals surface area contributed by atoms with Crippen molar-refractivity contribution in [3.8, 4) is 0 Å². The molecule has 2 atom stereocenters. The second-order valence-electron chi connectivity index (χ2n) is 9.14. The number of aryl methyl sites for hydroxylation is 2. The van der Waals surface area contributed by atoms with Crippen LogP contribution in [0.15, 0.2) is 76.8 Å². The molecule has 5 rings (SSSR count). The smallest absolute Gasteiger partial charge is 0.262 e. The highest BCUT2D eigenvalue weighted by Crippen LogP contribution is 2.39. The summed E-state index contributed by atoms with van der Waals surface area (Å²) in [5.41, 5.74) is 5.24. The fraction of sp³-hybridized carbons (Fsp3) is 0.214. The van der Waals surface area contributed by atoms with Crippen LogP contribution >= 0.6 is 23.4 Å². The first-order valence-corrected chi connectivity index (χ1v) is 13.1. The van der Waals surface area contributed by atoms with E-state index in [0.29, 0.717) is 22.3 Å². The van der Waals surface area contributed by atoms with Crippen molar-refractivity contribution >= 4 is 51.7 Å². The number of nitrogens with zero attached hydrogens (tertiary/aromatic N) is 3. The van der Waals surface area contributed by atoms with Crippen molar-refractivity contribution in [2.75, 3.05) is 5.32 Å². The SMILES string of the molecule is Cc1cc(C)cc(NC(=O)C[C@@H]2SC(N3N=C(c4ccc(F)cc4)C[C@H]3c3cccc(Cl)c3)=NC2=O)c1. The molecule has 188 valence electrons. The molecule has 2 amide bonds. The molecule has 0 bridgehead atoms. The molecule has 37 heavy (non-hydrogen) atoms. The lowest BCUT2D eigenvalue weighted by molar-refractivity contribution is -0.121. The Balaban J connectivity index is 1.35. The number of hydrogen-bond acceptors (Lipinski definition) is 5. The second kappa shape index (κ2) is 10.5. The predicted octanol–water partition coefficient (Wildman–Crippen LogP) is 6.27. The summed E-state index contributed by atoms with van der Waals surface area (Å²) in [7, 11) is 0. The van der Waals surface area contributed by atoms with Crippen LogP contribution in [0, 0.1) is 19.7 Å². The van der Waals surface area contributed by atoms with E-state index >= 15 is 0 Å². The maximum atomic E-state index is 13.5. The number of amidine groups is 1. The number of hydrogen-bond donors (Lipinski definition) is 1. The largest absolute Gasteiger partial charge is 0.326 e.